The van der Waals surface area contributed by atoms with Gasteiger partial charge in [0.2, 0.25) is 5.91 Å². The largest absolute Gasteiger partial charge is 0.495 e. The summed E-state index contributed by atoms with van der Waals surface area (Å²) in [7, 11) is 1.56. The molecule has 0 aromatic heterocycles. The molecule has 1 N–H and O–H groups in total. The Labute approximate surface area is 212 Å². The van der Waals surface area contributed by atoms with Crippen LogP contribution in [-0.4, -0.2) is 35.6 Å². The standard InChI is InChI=1S/C22H20I2N2O4S/c1-12(2)13-4-6-16(7-5-13)25-19(27)11-26-21(28)18(31-22(26)29)9-14-8-15(23)10-17(24)20(14)30-3/h4-10,12H,11H2,1-3H3,(H,25,27)/b18-9+. The van der Waals surface area contributed by atoms with E-state index in [1.165, 1.54) is 0 Å². The fourth-order valence-electron chi connectivity index (χ4n) is 2.98. The van der Waals surface area contributed by atoms with Crippen LogP contribution in [0, 0.1) is 7.14 Å². The number of nitrogens with zero attached hydrogens (tertiary/aromatic N) is 1. The van der Waals surface area contributed by atoms with Crippen molar-refractivity contribution in [1.29, 1.82) is 0 Å². The molecule has 31 heavy (non-hydrogen) atoms. The van der Waals surface area contributed by atoms with Crippen LogP contribution in [0.2, 0.25) is 0 Å². The van der Waals surface area contributed by atoms with Crippen LogP contribution in [0.25, 0.3) is 6.08 Å². The Morgan fingerprint density at radius 1 is 1.19 bits per heavy atom. The summed E-state index contributed by atoms with van der Waals surface area (Å²) in [6.07, 6.45) is 1.64. The summed E-state index contributed by atoms with van der Waals surface area (Å²) >= 11 is 5.17. The Hall–Kier alpha value is -1.60. The van der Waals surface area contributed by atoms with Gasteiger partial charge in [0, 0.05) is 14.8 Å². The SMILES string of the molecule is COc1c(I)cc(I)cc1/C=C1/SC(=O)N(CC(=O)Nc2ccc(C(C)C)cc2)C1=O. The first-order valence-corrected chi connectivity index (χ1v) is 12.3. The van der Waals surface area contributed by atoms with Crippen molar-refractivity contribution >= 4 is 85.8 Å². The van der Waals surface area contributed by atoms with Gasteiger partial charge in [0.05, 0.1) is 15.6 Å². The van der Waals surface area contributed by atoms with E-state index in [0.717, 1.165) is 29.4 Å². The van der Waals surface area contributed by atoms with Crippen molar-refractivity contribution in [1.82, 2.24) is 4.90 Å². The van der Waals surface area contributed by atoms with E-state index in [4.69, 9.17) is 4.74 Å². The number of benzene rings is 2. The maximum atomic E-state index is 12.8. The van der Waals surface area contributed by atoms with E-state index in [9.17, 15) is 14.4 Å². The highest BCUT2D eigenvalue weighted by atomic mass is 127. The van der Waals surface area contributed by atoms with E-state index in [2.05, 4.69) is 64.3 Å². The molecule has 1 heterocycles. The number of anilines is 1. The number of rotatable bonds is 6. The molecule has 3 rings (SSSR count). The average molecular weight is 662 g/mol. The maximum absolute atomic E-state index is 12.8. The van der Waals surface area contributed by atoms with Crippen LogP contribution in [0.4, 0.5) is 10.5 Å². The highest BCUT2D eigenvalue weighted by molar-refractivity contribution is 14.1. The van der Waals surface area contributed by atoms with Crippen molar-refractivity contribution in [2.45, 2.75) is 19.8 Å². The number of hydrogen-bond acceptors (Lipinski definition) is 5. The molecule has 0 unspecified atom stereocenters. The molecule has 2 aromatic rings. The minimum Gasteiger partial charge on any atom is -0.495 e. The van der Waals surface area contributed by atoms with Crippen LogP contribution in [0.15, 0.2) is 41.3 Å². The van der Waals surface area contributed by atoms with Gasteiger partial charge in [-0.1, -0.05) is 26.0 Å². The van der Waals surface area contributed by atoms with Crippen molar-refractivity contribution in [2.75, 3.05) is 19.0 Å². The normalized spacial score (nSPS) is 15.2. The monoisotopic (exact) mass is 662 g/mol. The van der Waals surface area contributed by atoms with Gasteiger partial charge in [0.1, 0.15) is 12.3 Å². The molecule has 9 heteroatoms. The van der Waals surface area contributed by atoms with Gasteiger partial charge in [0.15, 0.2) is 0 Å². The molecule has 0 spiro atoms. The van der Waals surface area contributed by atoms with E-state index in [1.54, 1.807) is 13.2 Å². The second-order valence-corrected chi connectivity index (χ2v) is 10.5. The molecule has 0 aliphatic carbocycles. The Balaban J connectivity index is 1.73. The van der Waals surface area contributed by atoms with Crippen LogP contribution >= 0.6 is 56.9 Å². The molecule has 0 bridgehead atoms. The molecular weight excluding hydrogens is 642 g/mol. The van der Waals surface area contributed by atoms with Crippen molar-refractivity contribution in [2.24, 2.45) is 0 Å². The quantitative estimate of drug-likeness (QED) is 0.318. The van der Waals surface area contributed by atoms with Crippen LogP contribution < -0.4 is 10.1 Å². The van der Waals surface area contributed by atoms with E-state index < -0.39 is 17.1 Å². The lowest BCUT2D eigenvalue weighted by molar-refractivity contribution is -0.127. The second kappa shape index (κ2) is 10.3. The number of imide groups is 1. The van der Waals surface area contributed by atoms with Crippen molar-refractivity contribution in [3.63, 3.8) is 0 Å². The Morgan fingerprint density at radius 2 is 1.87 bits per heavy atom. The molecule has 162 valence electrons. The molecule has 1 aliphatic heterocycles. The number of nitrogens with one attached hydrogen (secondary N) is 1. The lowest BCUT2D eigenvalue weighted by Crippen LogP contribution is -2.36. The smallest absolute Gasteiger partial charge is 0.294 e. The summed E-state index contributed by atoms with van der Waals surface area (Å²) in [5.41, 5.74) is 2.49. The van der Waals surface area contributed by atoms with Crippen molar-refractivity contribution in [3.05, 3.63) is 59.6 Å². The van der Waals surface area contributed by atoms with Gasteiger partial charge in [0.25, 0.3) is 11.1 Å². The number of ether oxygens (including phenoxy) is 1. The lowest BCUT2D eigenvalue weighted by Gasteiger charge is -2.13. The number of thioether (sulfide) groups is 1. The molecule has 1 aliphatic rings. The maximum Gasteiger partial charge on any atom is 0.294 e. The summed E-state index contributed by atoms with van der Waals surface area (Å²) in [5.74, 6) is 0.107. The molecule has 1 saturated heterocycles. The van der Waals surface area contributed by atoms with Crippen LogP contribution in [0.1, 0.15) is 30.9 Å². The van der Waals surface area contributed by atoms with E-state index >= 15 is 0 Å². The van der Waals surface area contributed by atoms with Gasteiger partial charge >= 0.3 is 0 Å². The number of carbonyl (C=O) groups is 3. The number of amides is 3. The summed E-state index contributed by atoms with van der Waals surface area (Å²) < 4.78 is 7.33. The van der Waals surface area contributed by atoms with Crippen LogP contribution in [0.5, 0.6) is 5.75 Å². The van der Waals surface area contributed by atoms with Crippen LogP contribution in [-0.2, 0) is 9.59 Å². The van der Waals surface area contributed by atoms with Gasteiger partial charge in [-0.15, -0.1) is 0 Å². The molecule has 0 atom stereocenters. The zero-order valence-corrected chi connectivity index (χ0v) is 22.2. The van der Waals surface area contributed by atoms with Gasteiger partial charge in [-0.2, -0.15) is 0 Å². The second-order valence-electron chi connectivity index (χ2n) is 7.10. The van der Waals surface area contributed by atoms with Crippen molar-refractivity contribution in [3.8, 4) is 5.75 Å². The molecule has 6 nitrogen and oxygen atoms in total. The van der Waals surface area contributed by atoms with Crippen LogP contribution in [0.3, 0.4) is 0 Å². The minimum absolute atomic E-state index is 0.259. The number of carbonyl (C=O) groups excluding carboxylic acids is 3. The third-order valence-electron chi connectivity index (χ3n) is 4.56. The summed E-state index contributed by atoms with van der Waals surface area (Å²) in [6, 6.07) is 11.3. The number of hydrogen-bond donors (Lipinski definition) is 1. The van der Waals surface area contributed by atoms with Gasteiger partial charge in [-0.3, -0.25) is 19.3 Å². The minimum atomic E-state index is -0.490. The molecule has 2 aromatic carbocycles. The fourth-order valence-corrected chi connectivity index (χ4v) is 5.91. The molecule has 1 fully saturated rings. The molecule has 0 saturated carbocycles. The lowest BCUT2D eigenvalue weighted by atomic mass is 10.0. The molecule has 3 amide bonds. The molecule has 0 radical (unpaired) electrons. The zero-order valence-electron chi connectivity index (χ0n) is 17.1. The highest BCUT2D eigenvalue weighted by Crippen LogP contribution is 2.36. The predicted octanol–water partition coefficient (Wildman–Crippen LogP) is 5.70. The molecular formula is C22H20I2N2O4S. The number of halogens is 2. The van der Waals surface area contributed by atoms with Gasteiger partial charge in [-0.05, 0) is 98.8 Å². The first kappa shape index (κ1) is 24.1. The predicted molar refractivity (Wildman–Crippen MR) is 140 cm³/mol. The third kappa shape index (κ3) is 5.80. The Bertz CT molecular complexity index is 1070. The highest BCUT2D eigenvalue weighted by Gasteiger charge is 2.36. The summed E-state index contributed by atoms with van der Waals surface area (Å²) in [6.45, 7) is 3.84. The van der Waals surface area contributed by atoms with Gasteiger partial charge in [-0.25, -0.2) is 0 Å². The first-order chi connectivity index (χ1) is 14.7. The zero-order chi connectivity index (χ0) is 22.7. The Kier molecular flexibility index (Phi) is 8.03. The topological polar surface area (TPSA) is 75.7 Å². The summed E-state index contributed by atoms with van der Waals surface area (Å²) in [5, 5.41) is 2.27. The fraction of sp³-hybridized carbons (Fsp3) is 0.227. The Morgan fingerprint density at radius 3 is 2.48 bits per heavy atom. The van der Waals surface area contributed by atoms with E-state index in [-0.39, 0.29) is 11.4 Å². The number of methoxy groups -OCH3 is 1. The van der Waals surface area contributed by atoms with E-state index in [0.29, 0.717) is 22.9 Å². The third-order valence-corrected chi connectivity index (χ3v) is 6.90. The first-order valence-electron chi connectivity index (χ1n) is 9.37. The summed E-state index contributed by atoms with van der Waals surface area (Å²) in [4.78, 5) is 38.8. The van der Waals surface area contributed by atoms with E-state index in [1.807, 2.05) is 36.4 Å². The van der Waals surface area contributed by atoms with Crippen molar-refractivity contribution < 1.29 is 19.1 Å². The van der Waals surface area contributed by atoms with Gasteiger partial charge < -0.3 is 10.1 Å². The average Bonchev–Trinajstić information content (AvgIpc) is 2.95.